The summed E-state index contributed by atoms with van der Waals surface area (Å²) >= 11 is 4.25. The molecule has 0 radical (unpaired) electrons. The molecule has 2 rings (SSSR count). The van der Waals surface area contributed by atoms with Gasteiger partial charge in [-0.2, -0.15) is 0 Å². The van der Waals surface area contributed by atoms with E-state index < -0.39 is 5.60 Å². The first-order valence-corrected chi connectivity index (χ1v) is 5.50. The van der Waals surface area contributed by atoms with Gasteiger partial charge in [0.1, 0.15) is 0 Å². The molecule has 1 N–H and O–H groups in total. The Kier molecular flexibility index (Phi) is 3.81. The molecule has 0 aliphatic carbocycles. The fraction of sp³-hybridized carbons (Fsp3) is 0.700. The zero-order valence-corrected chi connectivity index (χ0v) is 10.5. The van der Waals surface area contributed by atoms with Crippen LogP contribution in [-0.2, 0) is 10.3 Å². The normalized spacial score (nSPS) is 17.7. The molecule has 2 heterocycles. The first-order chi connectivity index (χ1) is 7.04. The van der Waals surface area contributed by atoms with E-state index in [1.165, 1.54) is 0 Å². The third-order valence-corrected chi connectivity index (χ3v) is 2.90. The van der Waals surface area contributed by atoms with E-state index in [0.717, 1.165) is 11.4 Å². The van der Waals surface area contributed by atoms with Crippen molar-refractivity contribution in [1.82, 2.24) is 8.96 Å². The predicted octanol–water partition coefficient (Wildman–Crippen LogP) is 1.44. The number of rotatable bonds is 1. The van der Waals surface area contributed by atoms with Crippen LogP contribution in [0.5, 0.6) is 0 Å². The molecule has 1 fully saturated rings. The van der Waals surface area contributed by atoms with Crippen molar-refractivity contribution in [3.63, 3.8) is 0 Å². The molecule has 1 aliphatic rings. The molecule has 0 spiro atoms. The molecular weight excluding hydrogens is 212 g/mol. The van der Waals surface area contributed by atoms with Crippen molar-refractivity contribution >= 4 is 12.8 Å². The zero-order chi connectivity index (χ0) is 11.6. The summed E-state index contributed by atoms with van der Waals surface area (Å²) in [7, 11) is 0. The molecule has 1 aromatic heterocycles. The highest BCUT2D eigenvalue weighted by atomic mass is 32.1. The number of imidazole rings is 1. The number of ether oxygens (including phenoxy) is 1. The van der Waals surface area contributed by atoms with Crippen LogP contribution in [0.3, 0.4) is 0 Å². The Bertz CT molecular complexity index is 345. The monoisotopic (exact) mass is 230 g/mol. The summed E-state index contributed by atoms with van der Waals surface area (Å²) in [5.41, 5.74) is 0.921. The molecule has 0 atom stereocenters. The zero-order valence-electron chi connectivity index (χ0n) is 9.61. The smallest absolute Gasteiger partial charge is 0.169 e. The number of aliphatic hydroxyl groups is 1. The van der Waals surface area contributed by atoms with Gasteiger partial charge in [-0.25, -0.2) is 4.98 Å². The summed E-state index contributed by atoms with van der Waals surface area (Å²) < 4.78 is 6.58. The van der Waals surface area contributed by atoms with Crippen LogP contribution in [0.2, 0.25) is 0 Å². The molecule has 0 saturated carbocycles. The molecule has 15 heavy (non-hydrogen) atoms. The van der Waals surface area contributed by atoms with Gasteiger partial charge in [0.15, 0.2) is 11.4 Å². The van der Waals surface area contributed by atoms with Gasteiger partial charge in [-0.3, -0.25) is 3.97 Å². The summed E-state index contributed by atoms with van der Waals surface area (Å²) in [6.07, 6.45) is 0. The molecule has 0 unspecified atom stereocenters. The minimum absolute atomic E-state index is 0.309. The van der Waals surface area contributed by atoms with Crippen molar-refractivity contribution in [1.29, 1.82) is 0 Å². The van der Waals surface area contributed by atoms with Crippen LogP contribution in [0.25, 0.3) is 0 Å². The molecule has 0 aromatic carbocycles. The van der Waals surface area contributed by atoms with E-state index in [1.807, 2.05) is 27.7 Å². The number of aromatic nitrogens is 2. The average molecular weight is 230 g/mol. The highest BCUT2D eigenvalue weighted by Gasteiger charge is 2.42. The maximum absolute atomic E-state index is 9.94. The Morgan fingerprint density at radius 2 is 1.93 bits per heavy atom. The molecule has 1 aliphatic heterocycles. The van der Waals surface area contributed by atoms with E-state index in [0.29, 0.717) is 19.0 Å². The summed E-state index contributed by atoms with van der Waals surface area (Å²) in [4.78, 5) is 4.26. The van der Waals surface area contributed by atoms with Gasteiger partial charge in [0.05, 0.1) is 18.9 Å². The fourth-order valence-electron chi connectivity index (χ4n) is 1.32. The van der Waals surface area contributed by atoms with E-state index in [1.54, 1.807) is 3.97 Å². The van der Waals surface area contributed by atoms with E-state index >= 15 is 0 Å². The van der Waals surface area contributed by atoms with Gasteiger partial charge >= 0.3 is 0 Å². The van der Waals surface area contributed by atoms with Gasteiger partial charge in [0, 0.05) is 5.69 Å². The SMILES string of the molecule is CC.Cc1nc(C2(O)COC2)n(S)c1C. The molecule has 4 nitrogen and oxygen atoms in total. The van der Waals surface area contributed by atoms with Crippen molar-refractivity contribution in [3.05, 3.63) is 17.2 Å². The molecule has 86 valence electrons. The Hall–Kier alpha value is -0.520. The van der Waals surface area contributed by atoms with Crippen LogP contribution < -0.4 is 0 Å². The molecule has 0 amide bonds. The van der Waals surface area contributed by atoms with Crippen molar-refractivity contribution in [2.24, 2.45) is 0 Å². The standard InChI is InChI=1S/C8H12N2O2S.C2H6/c1-5-6(2)10(13)7(9-5)8(11)3-12-4-8;1-2/h11,13H,3-4H2,1-2H3;1-2H3. The largest absolute Gasteiger partial charge is 0.377 e. The van der Waals surface area contributed by atoms with Crippen LogP contribution in [0.15, 0.2) is 0 Å². The van der Waals surface area contributed by atoms with Gasteiger partial charge in [0.25, 0.3) is 0 Å². The first kappa shape index (κ1) is 12.5. The number of aryl methyl sites for hydroxylation is 1. The lowest BCUT2D eigenvalue weighted by Gasteiger charge is -2.35. The lowest BCUT2D eigenvalue weighted by atomic mass is 10.0. The van der Waals surface area contributed by atoms with E-state index in [9.17, 15) is 5.11 Å². The Labute approximate surface area is 95.8 Å². The second-order valence-corrected chi connectivity index (χ2v) is 3.84. The number of nitrogens with zero attached hydrogens (tertiary/aromatic N) is 2. The summed E-state index contributed by atoms with van der Waals surface area (Å²) in [6, 6.07) is 0. The van der Waals surface area contributed by atoms with E-state index in [2.05, 4.69) is 17.8 Å². The summed E-state index contributed by atoms with van der Waals surface area (Å²) in [5, 5.41) is 9.94. The van der Waals surface area contributed by atoms with Crippen molar-refractivity contribution in [3.8, 4) is 0 Å². The Morgan fingerprint density at radius 3 is 2.20 bits per heavy atom. The number of hydrogen-bond donors (Lipinski definition) is 2. The van der Waals surface area contributed by atoms with Crippen molar-refractivity contribution in [2.75, 3.05) is 13.2 Å². The molecule has 5 heteroatoms. The second-order valence-electron chi connectivity index (χ2n) is 3.44. The van der Waals surface area contributed by atoms with Crippen molar-refractivity contribution in [2.45, 2.75) is 33.3 Å². The minimum atomic E-state index is -0.930. The minimum Gasteiger partial charge on any atom is -0.377 e. The summed E-state index contributed by atoms with van der Waals surface area (Å²) in [5.74, 6) is 0.581. The van der Waals surface area contributed by atoms with Crippen molar-refractivity contribution < 1.29 is 9.84 Å². The van der Waals surface area contributed by atoms with Crippen LogP contribution in [0.1, 0.15) is 31.1 Å². The second kappa shape index (κ2) is 4.55. The lowest BCUT2D eigenvalue weighted by Crippen LogP contribution is -2.48. The topological polar surface area (TPSA) is 47.3 Å². The quantitative estimate of drug-likeness (QED) is 0.718. The van der Waals surface area contributed by atoms with Gasteiger partial charge < -0.3 is 9.84 Å². The fourth-order valence-corrected chi connectivity index (χ4v) is 1.70. The predicted molar refractivity (Wildman–Crippen MR) is 62.1 cm³/mol. The Morgan fingerprint density at radius 1 is 1.40 bits per heavy atom. The maximum Gasteiger partial charge on any atom is 0.169 e. The van der Waals surface area contributed by atoms with Crippen LogP contribution >= 0.6 is 12.8 Å². The average Bonchev–Trinajstić information content (AvgIpc) is 2.46. The van der Waals surface area contributed by atoms with Crippen LogP contribution in [0.4, 0.5) is 0 Å². The highest BCUT2D eigenvalue weighted by molar-refractivity contribution is 7.78. The van der Waals surface area contributed by atoms with Gasteiger partial charge in [0.2, 0.25) is 0 Å². The van der Waals surface area contributed by atoms with Gasteiger partial charge in [-0.1, -0.05) is 26.7 Å². The van der Waals surface area contributed by atoms with Crippen LogP contribution in [0, 0.1) is 13.8 Å². The van der Waals surface area contributed by atoms with Gasteiger partial charge in [-0.05, 0) is 13.8 Å². The van der Waals surface area contributed by atoms with E-state index in [-0.39, 0.29) is 0 Å². The highest BCUT2D eigenvalue weighted by Crippen LogP contribution is 2.30. The first-order valence-electron chi connectivity index (χ1n) is 5.10. The maximum atomic E-state index is 9.94. The number of thiol groups is 1. The third kappa shape index (κ3) is 2.04. The van der Waals surface area contributed by atoms with E-state index in [4.69, 9.17) is 4.74 Å². The Balaban J connectivity index is 0.000000531. The van der Waals surface area contributed by atoms with Gasteiger partial charge in [-0.15, -0.1) is 0 Å². The third-order valence-electron chi connectivity index (χ3n) is 2.41. The summed E-state index contributed by atoms with van der Waals surface area (Å²) in [6.45, 7) is 8.43. The molecular formula is C10H18N2O2S. The van der Waals surface area contributed by atoms with Crippen LogP contribution in [-0.4, -0.2) is 27.3 Å². The molecule has 0 bridgehead atoms. The lowest BCUT2D eigenvalue weighted by molar-refractivity contribution is -0.189. The molecule has 1 aromatic rings. The molecule has 1 saturated heterocycles. The number of hydrogen-bond acceptors (Lipinski definition) is 4.